The molecule has 0 aromatic heterocycles. The molecule has 84 valence electrons. The monoisotopic (exact) mass is 225 g/mol. The summed E-state index contributed by atoms with van der Waals surface area (Å²) in [5.41, 5.74) is 0. The molecule has 0 spiro atoms. The van der Waals surface area contributed by atoms with Crippen molar-refractivity contribution in [3.05, 3.63) is 0 Å². The minimum Gasteiger partial charge on any atom is -0.370 e. The molecule has 0 fully saturated rings. The maximum atomic E-state index is 10.9. The molecule has 0 aliphatic rings. The average molecular weight is 225 g/mol. The molecule has 0 aliphatic carbocycles. The van der Waals surface area contributed by atoms with Crippen LogP contribution < -0.4 is 5.90 Å². The van der Waals surface area contributed by atoms with E-state index in [1.807, 2.05) is 6.92 Å². The molecule has 0 saturated heterocycles. The van der Waals surface area contributed by atoms with Crippen LogP contribution in [-0.4, -0.2) is 10.9 Å². The molecular weight excluding hydrogens is 209 g/mol. The number of phosphoric acid groups is 1. The van der Waals surface area contributed by atoms with Gasteiger partial charge in [-0.2, -0.15) is 4.62 Å². The second kappa shape index (κ2) is 6.95. The van der Waals surface area contributed by atoms with Crippen molar-refractivity contribution in [1.29, 1.82) is 0 Å². The van der Waals surface area contributed by atoms with E-state index in [-0.39, 0.29) is 6.42 Å². The number of rotatable bonds is 7. The van der Waals surface area contributed by atoms with Crippen molar-refractivity contribution in [3.8, 4) is 0 Å². The van der Waals surface area contributed by atoms with Gasteiger partial charge in [0, 0.05) is 6.42 Å². The van der Waals surface area contributed by atoms with E-state index in [1.54, 1.807) is 0 Å². The first-order valence-electron chi connectivity index (χ1n) is 4.45. The number of unbranched alkanes of at least 4 members (excludes halogenated alkanes) is 3. The third kappa shape index (κ3) is 7.03. The molecule has 1 unspecified atom stereocenters. The predicted octanol–water partition coefficient (Wildman–Crippen LogP) is 1.49. The van der Waals surface area contributed by atoms with E-state index in [1.165, 1.54) is 0 Å². The van der Waals surface area contributed by atoms with Gasteiger partial charge in [0.2, 0.25) is 0 Å². The molecule has 0 aromatic carbocycles. The van der Waals surface area contributed by atoms with Crippen LogP contribution in [0.4, 0.5) is 0 Å². The highest BCUT2D eigenvalue weighted by atomic mass is 31.2. The fourth-order valence-corrected chi connectivity index (χ4v) is 1.28. The highest BCUT2D eigenvalue weighted by Crippen LogP contribution is 2.41. The second-order valence-corrected chi connectivity index (χ2v) is 4.18. The second-order valence-electron chi connectivity index (χ2n) is 2.85. The number of phosphoric ester groups is 1. The van der Waals surface area contributed by atoms with Gasteiger partial charge < -0.3 is 4.52 Å². The van der Waals surface area contributed by atoms with E-state index in [0.717, 1.165) is 19.3 Å². The van der Waals surface area contributed by atoms with Gasteiger partial charge in [0.25, 0.3) is 0 Å². The van der Waals surface area contributed by atoms with Crippen molar-refractivity contribution in [2.45, 2.75) is 39.0 Å². The summed E-state index contributed by atoms with van der Waals surface area (Å²) in [5, 5.41) is 0. The van der Waals surface area contributed by atoms with Crippen LogP contribution in [0.5, 0.6) is 0 Å². The maximum Gasteiger partial charge on any atom is 0.546 e. The summed E-state index contributed by atoms with van der Waals surface area (Å²) in [5.74, 6) is 3.67. The Kier molecular flexibility index (Phi) is 6.74. The Labute approximate surface area is 83.0 Å². The fraction of sp³-hybridized carbons (Fsp3) is 0.857. The molecule has 0 aliphatic heterocycles. The van der Waals surface area contributed by atoms with Crippen LogP contribution in [-0.2, 0) is 18.5 Å². The molecule has 7 heteroatoms. The Morgan fingerprint density at radius 1 is 1.43 bits per heavy atom. The van der Waals surface area contributed by atoms with Crippen molar-refractivity contribution in [3.63, 3.8) is 0 Å². The van der Waals surface area contributed by atoms with Gasteiger partial charge in [0.05, 0.1) is 0 Å². The third-order valence-corrected chi connectivity index (χ3v) is 2.29. The molecule has 1 atom stereocenters. The highest BCUT2D eigenvalue weighted by Gasteiger charge is 2.24. The van der Waals surface area contributed by atoms with Crippen molar-refractivity contribution in [2.75, 3.05) is 0 Å². The SMILES string of the molecule is CCCCCCC(=O)OP(=O)(O)ON. The van der Waals surface area contributed by atoms with E-state index >= 15 is 0 Å². The molecule has 0 saturated carbocycles. The van der Waals surface area contributed by atoms with Crippen LogP contribution in [0.2, 0.25) is 0 Å². The number of carbonyl (C=O) groups is 1. The topological polar surface area (TPSA) is 98.9 Å². The van der Waals surface area contributed by atoms with Crippen LogP contribution >= 0.6 is 7.82 Å². The standard InChI is InChI=1S/C7H16NO5P/c1-2-3-4-5-6-7(9)12-14(10,11)13-8/h2-6,8H2,1H3,(H,10,11). The molecule has 0 heterocycles. The zero-order chi connectivity index (χ0) is 11.0. The Bertz CT molecular complexity index is 220. The number of carbonyl (C=O) groups excluding carboxylic acids is 1. The number of hydrogen-bond donors (Lipinski definition) is 2. The van der Waals surface area contributed by atoms with Crippen LogP contribution in [0.15, 0.2) is 0 Å². The molecule has 0 amide bonds. The Balaban J connectivity index is 3.61. The lowest BCUT2D eigenvalue weighted by atomic mass is 10.2. The zero-order valence-corrected chi connectivity index (χ0v) is 9.03. The van der Waals surface area contributed by atoms with Gasteiger partial charge >= 0.3 is 13.8 Å². The largest absolute Gasteiger partial charge is 0.546 e. The first kappa shape index (κ1) is 13.6. The Morgan fingerprint density at radius 2 is 2.07 bits per heavy atom. The van der Waals surface area contributed by atoms with Crippen molar-refractivity contribution in [2.24, 2.45) is 5.90 Å². The Morgan fingerprint density at radius 3 is 2.57 bits per heavy atom. The summed E-state index contributed by atoms with van der Waals surface area (Å²) in [4.78, 5) is 19.6. The molecule has 0 rings (SSSR count). The lowest BCUT2D eigenvalue weighted by Gasteiger charge is -2.07. The summed E-state index contributed by atoms with van der Waals surface area (Å²) < 4.78 is 18.3. The van der Waals surface area contributed by atoms with Crippen LogP contribution in [0.3, 0.4) is 0 Å². The zero-order valence-electron chi connectivity index (χ0n) is 8.14. The lowest BCUT2D eigenvalue weighted by molar-refractivity contribution is -0.136. The molecule has 0 aromatic rings. The molecule has 6 nitrogen and oxygen atoms in total. The predicted molar refractivity (Wildman–Crippen MR) is 49.9 cm³/mol. The first-order chi connectivity index (χ1) is 6.52. The van der Waals surface area contributed by atoms with Gasteiger partial charge in [-0.3, -0.25) is 9.69 Å². The summed E-state index contributed by atoms with van der Waals surface area (Å²) in [6.07, 6.45) is 3.72. The van der Waals surface area contributed by atoms with Gasteiger partial charge in [0.1, 0.15) is 0 Å². The minimum absolute atomic E-state index is 0.105. The lowest BCUT2D eigenvalue weighted by Crippen LogP contribution is -2.06. The van der Waals surface area contributed by atoms with E-state index in [2.05, 4.69) is 15.0 Å². The summed E-state index contributed by atoms with van der Waals surface area (Å²) in [6, 6.07) is 0. The van der Waals surface area contributed by atoms with E-state index < -0.39 is 13.8 Å². The van der Waals surface area contributed by atoms with Gasteiger partial charge in [-0.05, 0) is 6.42 Å². The summed E-state index contributed by atoms with van der Waals surface area (Å²) in [6.45, 7) is 2.04. The van der Waals surface area contributed by atoms with Gasteiger partial charge in [-0.1, -0.05) is 26.2 Å². The van der Waals surface area contributed by atoms with Crippen LogP contribution in [0.1, 0.15) is 39.0 Å². The molecule has 0 bridgehead atoms. The summed E-state index contributed by atoms with van der Waals surface area (Å²) >= 11 is 0. The highest BCUT2D eigenvalue weighted by molar-refractivity contribution is 7.47. The average Bonchev–Trinajstić information content (AvgIpc) is 2.12. The molecule has 3 N–H and O–H groups in total. The quantitative estimate of drug-likeness (QED) is 0.387. The van der Waals surface area contributed by atoms with E-state index in [0.29, 0.717) is 6.42 Å². The molecule has 14 heavy (non-hydrogen) atoms. The minimum atomic E-state index is -4.36. The Hall–Kier alpha value is -0.420. The van der Waals surface area contributed by atoms with Gasteiger partial charge in [-0.15, -0.1) is 0 Å². The summed E-state index contributed by atoms with van der Waals surface area (Å²) in [7, 11) is -4.36. The molecule has 0 radical (unpaired) electrons. The third-order valence-electron chi connectivity index (χ3n) is 1.58. The normalized spacial score (nSPS) is 14.8. The number of nitrogens with two attached hydrogens (primary N) is 1. The van der Waals surface area contributed by atoms with Crippen molar-refractivity contribution in [1.82, 2.24) is 0 Å². The van der Waals surface area contributed by atoms with E-state index in [4.69, 9.17) is 4.89 Å². The van der Waals surface area contributed by atoms with Gasteiger partial charge in [0.15, 0.2) is 0 Å². The van der Waals surface area contributed by atoms with Gasteiger partial charge in [-0.25, -0.2) is 10.5 Å². The van der Waals surface area contributed by atoms with E-state index in [9.17, 15) is 9.36 Å². The number of hydrogen-bond acceptors (Lipinski definition) is 5. The first-order valence-corrected chi connectivity index (χ1v) is 5.95. The maximum absolute atomic E-state index is 10.9. The smallest absolute Gasteiger partial charge is 0.370 e. The van der Waals surface area contributed by atoms with Crippen LogP contribution in [0, 0.1) is 0 Å². The fourth-order valence-electron chi connectivity index (χ4n) is 0.892. The van der Waals surface area contributed by atoms with Crippen molar-refractivity contribution >= 4 is 13.8 Å². The van der Waals surface area contributed by atoms with Crippen molar-refractivity contribution < 1.29 is 23.4 Å². The van der Waals surface area contributed by atoms with Crippen LogP contribution in [0.25, 0.3) is 0 Å². The molecular formula is C7H16NO5P.